The van der Waals surface area contributed by atoms with Gasteiger partial charge in [0, 0.05) is 11.6 Å². The first-order valence-corrected chi connectivity index (χ1v) is 8.01. The summed E-state index contributed by atoms with van der Waals surface area (Å²) in [5.41, 5.74) is 0.849. The van der Waals surface area contributed by atoms with Crippen LogP contribution in [0.4, 0.5) is 0 Å². The van der Waals surface area contributed by atoms with Gasteiger partial charge in [0.2, 0.25) is 5.91 Å². The number of hydrogen-bond donors (Lipinski definition) is 1. The minimum atomic E-state index is -0.184. The molecule has 0 aliphatic heterocycles. The van der Waals surface area contributed by atoms with Gasteiger partial charge in [0.15, 0.2) is 0 Å². The zero-order valence-electron chi connectivity index (χ0n) is 14.7. The van der Waals surface area contributed by atoms with Crippen LogP contribution in [0.5, 0.6) is 17.2 Å². The first kappa shape index (κ1) is 18.4. The van der Waals surface area contributed by atoms with Gasteiger partial charge in [-0.3, -0.25) is 4.79 Å². The Morgan fingerprint density at radius 3 is 2.40 bits per heavy atom. The van der Waals surface area contributed by atoms with E-state index >= 15 is 0 Å². The minimum absolute atomic E-state index is 0.128. The number of amides is 1. The summed E-state index contributed by atoms with van der Waals surface area (Å²) in [4.78, 5) is 12.0. The molecule has 0 aliphatic rings. The lowest BCUT2D eigenvalue weighted by molar-refractivity contribution is -0.117. The highest BCUT2D eigenvalue weighted by molar-refractivity contribution is 5.92. The van der Waals surface area contributed by atoms with Gasteiger partial charge in [-0.25, -0.2) is 0 Å². The van der Waals surface area contributed by atoms with Crippen LogP contribution in [0.15, 0.2) is 54.6 Å². The van der Waals surface area contributed by atoms with E-state index in [-0.39, 0.29) is 11.9 Å². The van der Waals surface area contributed by atoms with Crippen molar-refractivity contribution in [1.82, 2.24) is 5.32 Å². The van der Waals surface area contributed by atoms with Crippen molar-refractivity contribution >= 4 is 12.0 Å². The van der Waals surface area contributed by atoms with E-state index in [1.54, 1.807) is 20.3 Å². The van der Waals surface area contributed by atoms with Crippen molar-refractivity contribution < 1.29 is 19.0 Å². The van der Waals surface area contributed by atoms with Crippen LogP contribution in [-0.4, -0.2) is 32.8 Å². The first-order chi connectivity index (χ1) is 12.1. The highest BCUT2D eigenvalue weighted by atomic mass is 16.5. The molecule has 0 heterocycles. The number of benzene rings is 2. The third-order valence-corrected chi connectivity index (χ3v) is 3.50. The Bertz CT molecular complexity index is 710. The normalized spacial score (nSPS) is 11.8. The van der Waals surface area contributed by atoms with Crippen molar-refractivity contribution in [2.45, 2.75) is 13.0 Å². The van der Waals surface area contributed by atoms with E-state index in [4.69, 9.17) is 14.2 Å². The molecule has 0 saturated heterocycles. The third-order valence-electron chi connectivity index (χ3n) is 3.50. The lowest BCUT2D eigenvalue weighted by atomic mass is 10.2. The summed E-state index contributed by atoms with van der Waals surface area (Å²) in [6.45, 7) is 2.26. The molecule has 1 atom stereocenters. The topological polar surface area (TPSA) is 56.8 Å². The lowest BCUT2D eigenvalue weighted by Crippen LogP contribution is -2.35. The molecule has 0 aromatic heterocycles. The number of para-hydroxylation sites is 1. The molecule has 2 aromatic carbocycles. The van der Waals surface area contributed by atoms with Crippen LogP contribution in [0.3, 0.4) is 0 Å². The van der Waals surface area contributed by atoms with Crippen molar-refractivity contribution in [1.29, 1.82) is 0 Å². The SMILES string of the molecule is COc1ccc(OCC(C)NC(=O)C=Cc2ccccc2OC)cc1. The summed E-state index contributed by atoms with van der Waals surface area (Å²) in [6, 6.07) is 14.7. The summed E-state index contributed by atoms with van der Waals surface area (Å²) in [5, 5.41) is 2.86. The molecule has 5 nitrogen and oxygen atoms in total. The van der Waals surface area contributed by atoms with Crippen LogP contribution >= 0.6 is 0 Å². The summed E-state index contributed by atoms with van der Waals surface area (Å²) >= 11 is 0. The first-order valence-electron chi connectivity index (χ1n) is 8.01. The molecular formula is C20H23NO4. The maximum Gasteiger partial charge on any atom is 0.244 e. The Morgan fingerprint density at radius 2 is 1.72 bits per heavy atom. The molecule has 0 radical (unpaired) electrons. The molecular weight excluding hydrogens is 318 g/mol. The summed E-state index contributed by atoms with van der Waals surface area (Å²) in [5.74, 6) is 2.04. The summed E-state index contributed by atoms with van der Waals surface area (Å²) in [7, 11) is 3.22. The number of methoxy groups -OCH3 is 2. The number of rotatable bonds is 8. The Hall–Kier alpha value is -2.95. The molecule has 0 spiro atoms. The summed E-state index contributed by atoms with van der Waals surface area (Å²) < 4.78 is 16.0. The molecule has 0 bridgehead atoms. The van der Waals surface area contributed by atoms with Gasteiger partial charge in [-0.15, -0.1) is 0 Å². The zero-order chi connectivity index (χ0) is 18.1. The van der Waals surface area contributed by atoms with Crippen LogP contribution < -0.4 is 19.5 Å². The van der Waals surface area contributed by atoms with Crippen molar-refractivity contribution in [2.75, 3.05) is 20.8 Å². The fourth-order valence-electron chi connectivity index (χ4n) is 2.20. The standard InChI is InChI=1S/C20H23NO4/c1-15(14-25-18-11-9-17(23-2)10-12-18)21-20(22)13-8-16-6-4-5-7-19(16)24-3/h4-13,15H,14H2,1-3H3,(H,21,22). The van der Waals surface area contributed by atoms with Gasteiger partial charge in [0.25, 0.3) is 0 Å². The summed E-state index contributed by atoms with van der Waals surface area (Å²) in [6.07, 6.45) is 3.22. The molecule has 0 saturated carbocycles. The van der Waals surface area contributed by atoms with Gasteiger partial charge >= 0.3 is 0 Å². The van der Waals surface area contributed by atoms with Crippen LogP contribution in [0.1, 0.15) is 12.5 Å². The maximum absolute atomic E-state index is 12.0. The zero-order valence-corrected chi connectivity index (χ0v) is 14.7. The van der Waals surface area contributed by atoms with Crippen LogP contribution in [-0.2, 0) is 4.79 Å². The molecule has 25 heavy (non-hydrogen) atoms. The number of carbonyl (C=O) groups excluding carboxylic acids is 1. The van der Waals surface area contributed by atoms with Crippen molar-refractivity contribution in [2.24, 2.45) is 0 Å². The predicted octanol–water partition coefficient (Wildman–Crippen LogP) is 3.30. The Kier molecular flexibility index (Phi) is 6.89. The van der Waals surface area contributed by atoms with E-state index in [9.17, 15) is 4.79 Å². The van der Waals surface area contributed by atoms with Gasteiger partial charge in [0.05, 0.1) is 20.3 Å². The monoisotopic (exact) mass is 341 g/mol. The van der Waals surface area contributed by atoms with Crippen LogP contribution in [0.2, 0.25) is 0 Å². The second kappa shape index (κ2) is 9.37. The number of carbonyl (C=O) groups is 1. The number of ether oxygens (including phenoxy) is 3. The Labute approximate surface area is 148 Å². The van der Waals surface area contributed by atoms with E-state index in [0.717, 1.165) is 22.8 Å². The molecule has 1 unspecified atom stereocenters. The van der Waals surface area contributed by atoms with Crippen molar-refractivity contribution in [3.63, 3.8) is 0 Å². The van der Waals surface area contributed by atoms with Crippen LogP contribution in [0, 0.1) is 0 Å². The van der Waals surface area contributed by atoms with Gasteiger partial charge < -0.3 is 19.5 Å². The maximum atomic E-state index is 12.0. The van der Waals surface area contributed by atoms with E-state index < -0.39 is 0 Å². The molecule has 2 aromatic rings. The van der Waals surface area contributed by atoms with Crippen molar-refractivity contribution in [3.8, 4) is 17.2 Å². The van der Waals surface area contributed by atoms with Gasteiger partial charge in [-0.05, 0) is 43.3 Å². The second-order valence-corrected chi connectivity index (χ2v) is 5.47. The molecule has 132 valence electrons. The second-order valence-electron chi connectivity index (χ2n) is 5.47. The van der Waals surface area contributed by atoms with Gasteiger partial charge in [-0.2, -0.15) is 0 Å². The minimum Gasteiger partial charge on any atom is -0.497 e. The van der Waals surface area contributed by atoms with E-state index in [1.807, 2.05) is 55.5 Å². The highest BCUT2D eigenvalue weighted by Gasteiger charge is 2.06. The molecule has 0 aliphatic carbocycles. The van der Waals surface area contributed by atoms with Crippen LogP contribution in [0.25, 0.3) is 6.08 Å². The smallest absolute Gasteiger partial charge is 0.244 e. The van der Waals surface area contributed by atoms with Gasteiger partial charge in [-0.1, -0.05) is 18.2 Å². The Balaban J connectivity index is 1.82. The molecule has 1 N–H and O–H groups in total. The third kappa shape index (κ3) is 5.88. The average Bonchev–Trinajstić information content (AvgIpc) is 2.65. The van der Waals surface area contributed by atoms with E-state index in [1.165, 1.54) is 6.08 Å². The largest absolute Gasteiger partial charge is 0.497 e. The number of nitrogens with one attached hydrogen (secondary N) is 1. The lowest BCUT2D eigenvalue weighted by Gasteiger charge is -2.14. The number of hydrogen-bond acceptors (Lipinski definition) is 4. The molecule has 5 heteroatoms. The molecule has 0 fully saturated rings. The molecule has 1 amide bonds. The average molecular weight is 341 g/mol. The van der Waals surface area contributed by atoms with E-state index in [2.05, 4.69) is 5.32 Å². The van der Waals surface area contributed by atoms with Gasteiger partial charge in [0.1, 0.15) is 23.9 Å². The fourth-order valence-corrected chi connectivity index (χ4v) is 2.20. The highest BCUT2D eigenvalue weighted by Crippen LogP contribution is 2.19. The van der Waals surface area contributed by atoms with Crippen molar-refractivity contribution in [3.05, 3.63) is 60.2 Å². The van der Waals surface area contributed by atoms with E-state index in [0.29, 0.717) is 6.61 Å². The molecule has 2 rings (SSSR count). The predicted molar refractivity (Wildman–Crippen MR) is 98.1 cm³/mol. The Morgan fingerprint density at radius 1 is 1.04 bits per heavy atom. The quantitative estimate of drug-likeness (QED) is 0.749. The fraction of sp³-hybridized carbons (Fsp3) is 0.250.